The van der Waals surface area contributed by atoms with E-state index in [1.807, 2.05) is 19.1 Å². The van der Waals surface area contributed by atoms with Gasteiger partial charge in [-0.25, -0.2) is 0 Å². The molecule has 70 valence electrons. The fourth-order valence-electron chi connectivity index (χ4n) is 1.58. The molecule has 0 radical (unpaired) electrons. The molecule has 1 aliphatic carbocycles. The van der Waals surface area contributed by atoms with Crippen LogP contribution in [0.2, 0.25) is 0 Å². The summed E-state index contributed by atoms with van der Waals surface area (Å²) in [5.74, 6) is 0.705. The molecule has 1 aliphatic rings. The van der Waals surface area contributed by atoms with Crippen LogP contribution in [-0.4, -0.2) is 23.9 Å². The molecule has 0 spiro atoms. The summed E-state index contributed by atoms with van der Waals surface area (Å²) in [6.07, 6.45) is 3.70. The van der Waals surface area contributed by atoms with Crippen molar-refractivity contribution in [1.29, 1.82) is 0 Å². The van der Waals surface area contributed by atoms with Crippen LogP contribution in [-0.2, 0) is 4.74 Å². The van der Waals surface area contributed by atoms with Crippen LogP contribution in [0.4, 0.5) is 0 Å². The summed E-state index contributed by atoms with van der Waals surface area (Å²) >= 11 is 0. The Morgan fingerprint density at radius 2 is 1.92 bits per heavy atom. The van der Waals surface area contributed by atoms with E-state index < -0.39 is 0 Å². The fourth-order valence-corrected chi connectivity index (χ4v) is 1.58. The Morgan fingerprint density at radius 3 is 2.50 bits per heavy atom. The number of ether oxygens (including phenoxy) is 1. The van der Waals surface area contributed by atoms with Gasteiger partial charge in [0, 0.05) is 6.61 Å². The van der Waals surface area contributed by atoms with Crippen LogP contribution in [0, 0.1) is 11.8 Å². The molecule has 0 heterocycles. The zero-order chi connectivity index (χ0) is 9.14. The van der Waals surface area contributed by atoms with Crippen LogP contribution in [0.15, 0.2) is 12.2 Å². The fraction of sp³-hybridized carbons (Fsp3) is 0.800. The third kappa shape index (κ3) is 1.87. The zero-order valence-corrected chi connectivity index (χ0v) is 8.03. The smallest absolute Gasteiger partial charge is 0.0785 e. The molecule has 2 heteroatoms. The van der Waals surface area contributed by atoms with E-state index in [0.717, 1.165) is 6.61 Å². The van der Waals surface area contributed by atoms with E-state index in [1.165, 1.54) is 0 Å². The summed E-state index contributed by atoms with van der Waals surface area (Å²) in [6, 6.07) is 0. The Morgan fingerprint density at radius 1 is 1.25 bits per heavy atom. The van der Waals surface area contributed by atoms with Crippen molar-refractivity contribution in [3.05, 3.63) is 12.2 Å². The summed E-state index contributed by atoms with van der Waals surface area (Å²) in [7, 11) is 0. The standard InChI is InChI=1S/C10H18O2/c1-4-12-10-6-5-9(11)7(2)8(10)3/h5-11H,4H2,1-3H3. The maximum absolute atomic E-state index is 9.49. The van der Waals surface area contributed by atoms with Crippen molar-refractivity contribution >= 4 is 0 Å². The molecule has 0 amide bonds. The van der Waals surface area contributed by atoms with Gasteiger partial charge in [0.2, 0.25) is 0 Å². The number of rotatable bonds is 2. The minimum absolute atomic E-state index is 0.188. The first-order chi connectivity index (χ1) is 5.66. The first-order valence-corrected chi connectivity index (χ1v) is 4.64. The Bertz CT molecular complexity index is 165. The lowest BCUT2D eigenvalue weighted by molar-refractivity contribution is 0.00395. The van der Waals surface area contributed by atoms with Gasteiger partial charge >= 0.3 is 0 Å². The first kappa shape index (κ1) is 9.75. The zero-order valence-electron chi connectivity index (χ0n) is 8.03. The van der Waals surface area contributed by atoms with E-state index in [4.69, 9.17) is 4.74 Å². The number of aliphatic hydroxyl groups excluding tert-OH is 1. The van der Waals surface area contributed by atoms with E-state index >= 15 is 0 Å². The minimum atomic E-state index is -0.295. The van der Waals surface area contributed by atoms with Crippen molar-refractivity contribution in [3.63, 3.8) is 0 Å². The Hall–Kier alpha value is -0.340. The quantitative estimate of drug-likeness (QED) is 0.638. The van der Waals surface area contributed by atoms with Crippen molar-refractivity contribution in [2.24, 2.45) is 11.8 Å². The van der Waals surface area contributed by atoms with Crippen LogP contribution in [0.25, 0.3) is 0 Å². The molecular weight excluding hydrogens is 152 g/mol. The van der Waals surface area contributed by atoms with Gasteiger partial charge in [0.15, 0.2) is 0 Å². The molecule has 0 bridgehead atoms. The van der Waals surface area contributed by atoms with Crippen LogP contribution < -0.4 is 0 Å². The highest BCUT2D eigenvalue weighted by atomic mass is 16.5. The van der Waals surface area contributed by atoms with Gasteiger partial charge in [-0.1, -0.05) is 26.0 Å². The maximum atomic E-state index is 9.49. The van der Waals surface area contributed by atoms with E-state index in [-0.39, 0.29) is 12.2 Å². The van der Waals surface area contributed by atoms with Crippen LogP contribution >= 0.6 is 0 Å². The molecule has 0 aliphatic heterocycles. The highest BCUT2D eigenvalue weighted by molar-refractivity contribution is 5.05. The van der Waals surface area contributed by atoms with Crippen molar-refractivity contribution in [1.82, 2.24) is 0 Å². The lowest BCUT2D eigenvalue weighted by atomic mass is 9.82. The van der Waals surface area contributed by atoms with Crippen molar-refractivity contribution in [2.75, 3.05) is 6.61 Å². The van der Waals surface area contributed by atoms with Crippen molar-refractivity contribution in [2.45, 2.75) is 33.0 Å². The Labute approximate surface area is 74.2 Å². The Kier molecular flexibility index (Phi) is 3.29. The number of aliphatic hydroxyl groups is 1. The molecule has 1 rings (SSSR count). The van der Waals surface area contributed by atoms with E-state index in [9.17, 15) is 5.11 Å². The average molecular weight is 170 g/mol. The second-order valence-electron chi connectivity index (χ2n) is 3.51. The Balaban J connectivity index is 2.60. The molecule has 1 N–H and O–H groups in total. The summed E-state index contributed by atoms with van der Waals surface area (Å²) in [4.78, 5) is 0. The third-order valence-electron chi connectivity index (χ3n) is 2.74. The van der Waals surface area contributed by atoms with Gasteiger partial charge in [0.25, 0.3) is 0 Å². The van der Waals surface area contributed by atoms with Gasteiger partial charge in [-0.2, -0.15) is 0 Å². The average Bonchev–Trinajstić information content (AvgIpc) is 2.07. The third-order valence-corrected chi connectivity index (χ3v) is 2.74. The lowest BCUT2D eigenvalue weighted by Gasteiger charge is -2.32. The maximum Gasteiger partial charge on any atom is 0.0785 e. The van der Waals surface area contributed by atoms with Gasteiger partial charge < -0.3 is 9.84 Å². The molecular formula is C10H18O2. The molecule has 0 aromatic heterocycles. The second-order valence-corrected chi connectivity index (χ2v) is 3.51. The van der Waals surface area contributed by atoms with Gasteiger partial charge in [0.1, 0.15) is 0 Å². The summed E-state index contributed by atoms with van der Waals surface area (Å²) in [5, 5.41) is 9.49. The molecule has 4 atom stereocenters. The van der Waals surface area contributed by atoms with Crippen molar-refractivity contribution in [3.8, 4) is 0 Å². The lowest BCUT2D eigenvalue weighted by Crippen LogP contribution is -2.35. The predicted molar refractivity (Wildman–Crippen MR) is 48.9 cm³/mol. The summed E-state index contributed by atoms with van der Waals surface area (Å²) < 4.78 is 5.52. The van der Waals surface area contributed by atoms with Gasteiger partial charge in [-0.15, -0.1) is 0 Å². The SMILES string of the molecule is CCOC1C=CC(O)C(C)C1C. The van der Waals surface area contributed by atoms with E-state index in [2.05, 4.69) is 13.8 Å². The monoisotopic (exact) mass is 170 g/mol. The second kappa shape index (κ2) is 4.06. The number of hydrogen-bond donors (Lipinski definition) is 1. The van der Waals surface area contributed by atoms with Gasteiger partial charge in [-0.05, 0) is 18.8 Å². The first-order valence-electron chi connectivity index (χ1n) is 4.64. The van der Waals surface area contributed by atoms with Gasteiger partial charge in [0.05, 0.1) is 12.2 Å². The topological polar surface area (TPSA) is 29.5 Å². The normalized spacial score (nSPS) is 41.7. The van der Waals surface area contributed by atoms with Crippen LogP contribution in [0.1, 0.15) is 20.8 Å². The largest absolute Gasteiger partial charge is 0.389 e. The van der Waals surface area contributed by atoms with Crippen molar-refractivity contribution < 1.29 is 9.84 Å². The predicted octanol–water partition coefficient (Wildman–Crippen LogP) is 1.59. The van der Waals surface area contributed by atoms with Crippen LogP contribution in [0.3, 0.4) is 0 Å². The molecule has 2 nitrogen and oxygen atoms in total. The molecule has 0 saturated carbocycles. The minimum Gasteiger partial charge on any atom is -0.389 e. The molecule has 4 unspecified atom stereocenters. The molecule has 12 heavy (non-hydrogen) atoms. The van der Waals surface area contributed by atoms with E-state index in [0.29, 0.717) is 11.8 Å². The highest BCUT2D eigenvalue weighted by Crippen LogP contribution is 2.27. The molecule has 0 aromatic carbocycles. The molecule has 0 saturated heterocycles. The van der Waals surface area contributed by atoms with Gasteiger partial charge in [-0.3, -0.25) is 0 Å². The summed E-state index contributed by atoms with van der Waals surface area (Å²) in [6.45, 7) is 6.92. The van der Waals surface area contributed by atoms with E-state index in [1.54, 1.807) is 0 Å². The molecule has 0 aromatic rings. The molecule has 0 fully saturated rings. The highest BCUT2D eigenvalue weighted by Gasteiger charge is 2.29. The van der Waals surface area contributed by atoms with Crippen LogP contribution in [0.5, 0.6) is 0 Å². The summed E-state index contributed by atoms with van der Waals surface area (Å²) in [5.41, 5.74) is 0. The number of hydrogen-bond acceptors (Lipinski definition) is 2.